The molecule has 0 spiro atoms. The highest BCUT2D eigenvalue weighted by molar-refractivity contribution is 5.66. The molecule has 1 N–H and O–H groups in total. The molecule has 0 atom stereocenters. The van der Waals surface area contributed by atoms with Gasteiger partial charge in [-0.25, -0.2) is 0 Å². The second kappa shape index (κ2) is 7.33. The summed E-state index contributed by atoms with van der Waals surface area (Å²) in [6, 6.07) is 0. The van der Waals surface area contributed by atoms with Crippen molar-refractivity contribution in [2.45, 2.75) is 25.7 Å². The molecule has 0 aliphatic rings. The van der Waals surface area contributed by atoms with Gasteiger partial charge in [0.25, 0.3) is 0 Å². The fourth-order valence-corrected chi connectivity index (χ4v) is 1.04. The van der Waals surface area contributed by atoms with E-state index in [4.69, 9.17) is 5.11 Å². The predicted octanol–water partition coefficient (Wildman–Crippen LogP) is -1.66. The molecule has 0 aromatic heterocycles. The van der Waals surface area contributed by atoms with Crippen molar-refractivity contribution in [3.63, 3.8) is 0 Å². The van der Waals surface area contributed by atoms with E-state index in [1.165, 1.54) is 0 Å². The minimum Gasteiger partial charge on any atom is -1.00 e. The van der Waals surface area contributed by atoms with Gasteiger partial charge in [-0.3, -0.25) is 4.79 Å². The molecule has 0 radical (unpaired) electrons. The van der Waals surface area contributed by atoms with Crippen LogP contribution < -0.4 is 17.0 Å². The van der Waals surface area contributed by atoms with Crippen LogP contribution in [0.2, 0.25) is 0 Å². The molecule has 0 aliphatic heterocycles. The lowest BCUT2D eigenvalue weighted by molar-refractivity contribution is -0.870. The molecule has 0 fully saturated rings. The molecule has 0 heterocycles. The molecule has 0 aliphatic carbocycles. The molecular formula is C9H20BrNO2. The van der Waals surface area contributed by atoms with Crippen molar-refractivity contribution in [2.75, 3.05) is 27.7 Å². The predicted molar refractivity (Wildman–Crippen MR) is 49.0 cm³/mol. The van der Waals surface area contributed by atoms with Crippen LogP contribution in [0.3, 0.4) is 0 Å². The molecule has 0 amide bonds. The molecule has 4 heteroatoms. The van der Waals surface area contributed by atoms with Gasteiger partial charge in [-0.2, -0.15) is 0 Å². The Morgan fingerprint density at radius 2 is 1.69 bits per heavy atom. The molecule has 3 nitrogen and oxygen atoms in total. The standard InChI is InChI=1S/C9H19NO2.BrH/c1-10(2,3)8-6-4-5-7-9(11)12;/h4-8H2,1-3H3;1H. The second-order valence-corrected chi connectivity index (χ2v) is 4.22. The third-order valence-electron chi connectivity index (χ3n) is 1.72. The summed E-state index contributed by atoms with van der Waals surface area (Å²) >= 11 is 0. The minimum atomic E-state index is -0.680. The lowest BCUT2D eigenvalue weighted by Gasteiger charge is -2.23. The number of carboxylic acid groups (broad SMARTS) is 1. The third kappa shape index (κ3) is 14.7. The van der Waals surface area contributed by atoms with Gasteiger partial charge in [-0.05, 0) is 19.3 Å². The van der Waals surface area contributed by atoms with E-state index in [2.05, 4.69) is 21.1 Å². The first-order valence-corrected chi connectivity index (χ1v) is 4.44. The van der Waals surface area contributed by atoms with E-state index in [9.17, 15) is 4.79 Å². The van der Waals surface area contributed by atoms with Gasteiger partial charge >= 0.3 is 5.97 Å². The summed E-state index contributed by atoms with van der Waals surface area (Å²) in [6.45, 7) is 1.12. The van der Waals surface area contributed by atoms with Gasteiger partial charge in [0.2, 0.25) is 0 Å². The number of carbonyl (C=O) groups is 1. The van der Waals surface area contributed by atoms with E-state index in [0.717, 1.165) is 30.3 Å². The number of halogens is 1. The van der Waals surface area contributed by atoms with Gasteiger partial charge in [-0.1, -0.05) is 0 Å². The van der Waals surface area contributed by atoms with Crippen LogP contribution in [0.4, 0.5) is 0 Å². The van der Waals surface area contributed by atoms with E-state index in [1.807, 2.05) is 0 Å². The second-order valence-electron chi connectivity index (χ2n) is 4.22. The van der Waals surface area contributed by atoms with Crippen molar-refractivity contribution < 1.29 is 31.4 Å². The Morgan fingerprint density at radius 1 is 1.15 bits per heavy atom. The zero-order chi connectivity index (χ0) is 9.61. The van der Waals surface area contributed by atoms with Crippen LogP contribution in [-0.4, -0.2) is 43.2 Å². The zero-order valence-electron chi connectivity index (χ0n) is 8.72. The number of quaternary nitrogens is 1. The fourth-order valence-electron chi connectivity index (χ4n) is 1.04. The monoisotopic (exact) mass is 253 g/mol. The van der Waals surface area contributed by atoms with Gasteiger partial charge < -0.3 is 26.6 Å². The Bertz CT molecular complexity index is 143. The van der Waals surface area contributed by atoms with Crippen LogP contribution in [0.1, 0.15) is 25.7 Å². The topological polar surface area (TPSA) is 37.3 Å². The minimum absolute atomic E-state index is 0. The molecule has 0 unspecified atom stereocenters. The van der Waals surface area contributed by atoms with Crippen molar-refractivity contribution in [3.8, 4) is 0 Å². The third-order valence-corrected chi connectivity index (χ3v) is 1.72. The lowest BCUT2D eigenvalue weighted by Crippen LogP contribution is -3.00. The highest BCUT2D eigenvalue weighted by Crippen LogP contribution is 2.02. The van der Waals surface area contributed by atoms with Crippen molar-refractivity contribution in [1.29, 1.82) is 0 Å². The van der Waals surface area contributed by atoms with Crippen LogP contribution in [-0.2, 0) is 4.79 Å². The maximum Gasteiger partial charge on any atom is 0.303 e. The van der Waals surface area contributed by atoms with Gasteiger partial charge in [-0.15, -0.1) is 0 Å². The number of carboxylic acids is 1. The first-order chi connectivity index (χ1) is 5.42. The van der Waals surface area contributed by atoms with E-state index in [1.54, 1.807) is 0 Å². The van der Waals surface area contributed by atoms with E-state index in [-0.39, 0.29) is 17.0 Å². The summed E-state index contributed by atoms with van der Waals surface area (Å²) in [4.78, 5) is 10.2. The van der Waals surface area contributed by atoms with E-state index in [0.29, 0.717) is 6.42 Å². The summed E-state index contributed by atoms with van der Waals surface area (Å²) < 4.78 is 0.965. The fraction of sp³-hybridized carbons (Fsp3) is 0.889. The van der Waals surface area contributed by atoms with Crippen molar-refractivity contribution >= 4 is 5.97 Å². The average molecular weight is 254 g/mol. The molecule has 13 heavy (non-hydrogen) atoms. The van der Waals surface area contributed by atoms with Gasteiger partial charge in [0.15, 0.2) is 0 Å². The number of unbranched alkanes of at least 4 members (excludes halogenated alkanes) is 2. The number of rotatable bonds is 6. The summed E-state index contributed by atoms with van der Waals surface area (Å²) in [5.41, 5.74) is 0. The van der Waals surface area contributed by atoms with Crippen LogP contribution >= 0.6 is 0 Å². The highest BCUT2D eigenvalue weighted by atomic mass is 79.9. The molecule has 0 bridgehead atoms. The summed E-state index contributed by atoms with van der Waals surface area (Å²) in [7, 11) is 6.45. The number of nitrogens with zero attached hydrogens (tertiary/aromatic N) is 1. The lowest BCUT2D eigenvalue weighted by atomic mass is 10.2. The molecule has 0 rings (SSSR count). The quantitative estimate of drug-likeness (QED) is 0.455. The van der Waals surface area contributed by atoms with E-state index < -0.39 is 5.97 Å². The van der Waals surface area contributed by atoms with Crippen molar-refractivity contribution in [2.24, 2.45) is 0 Å². The Labute approximate surface area is 91.1 Å². The smallest absolute Gasteiger partial charge is 0.303 e. The molecule has 0 aromatic carbocycles. The van der Waals surface area contributed by atoms with Gasteiger partial charge in [0.1, 0.15) is 0 Å². The molecule has 80 valence electrons. The Hall–Kier alpha value is -0.0900. The number of hydrogen-bond acceptors (Lipinski definition) is 1. The van der Waals surface area contributed by atoms with Crippen molar-refractivity contribution in [1.82, 2.24) is 0 Å². The maximum atomic E-state index is 10.2. The van der Waals surface area contributed by atoms with Crippen LogP contribution in [0.15, 0.2) is 0 Å². The van der Waals surface area contributed by atoms with Crippen LogP contribution in [0.25, 0.3) is 0 Å². The largest absolute Gasteiger partial charge is 1.00 e. The van der Waals surface area contributed by atoms with Crippen LogP contribution in [0, 0.1) is 0 Å². The number of hydrogen-bond donors (Lipinski definition) is 1. The van der Waals surface area contributed by atoms with Gasteiger partial charge in [0, 0.05) is 6.42 Å². The first-order valence-electron chi connectivity index (χ1n) is 4.44. The average Bonchev–Trinajstić information content (AvgIpc) is 1.83. The Kier molecular flexibility index (Phi) is 8.67. The molecule has 0 saturated heterocycles. The molecule has 0 saturated carbocycles. The molecule has 0 aromatic rings. The molecular weight excluding hydrogens is 234 g/mol. The Morgan fingerprint density at radius 3 is 2.08 bits per heavy atom. The SMILES string of the molecule is C[N+](C)(C)CCCCCC(=O)O.[Br-]. The first kappa shape index (κ1) is 15.4. The van der Waals surface area contributed by atoms with Gasteiger partial charge in [0.05, 0.1) is 27.7 Å². The van der Waals surface area contributed by atoms with Crippen molar-refractivity contribution in [3.05, 3.63) is 0 Å². The zero-order valence-corrected chi connectivity index (χ0v) is 10.3. The summed E-state index contributed by atoms with van der Waals surface area (Å²) in [5.74, 6) is -0.680. The normalized spacial score (nSPS) is 10.7. The maximum absolute atomic E-state index is 10.2. The highest BCUT2D eigenvalue weighted by Gasteiger charge is 2.05. The van der Waals surface area contributed by atoms with E-state index >= 15 is 0 Å². The Balaban J connectivity index is 0. The number of aliphatic carboxylic acids is 1. The van der Waals surface area contributed by atoms with Crippen LogP contribution in [0.5, 0.6) is 0 Å². The summed E-state index contributed by atoms with van der Waals surface area (Å²) in [6.07, 6.45) is 3.28. The summed E-state index contributed by atoms with van der Waals surface area (Å²) in [5, 5.41) is 8.37.